The van der Waals surface area contributed by atoms with Gasteiger partial charge < -0.3 is 15.0 Å². The second-order valence-corrected chi connectivity index (χ2v) is 8.07. The van der Waals surface area contributed by atoms with Crippen LogP contribution in [-0.4, -0.2) is 60.4 Å². The number of ether oxygens (including phenoxy) is 1. The van der Waals surface area contributed by atoms with E-state index in [1.807, 2.05) is 49.9 Å². The number of hydrogen-bond donors (Lipinski definition) is 1. The molecule has 2 rings (SSSR count). The molecule has 0 radical (unpaired) electrons. The van der Waals surface area contributed by atoms with Gasteiger partial charge in [0.1, 0.15) is 5.75 Å². The number of methoxy groups -OCH3 is 1. The zero-order valence-electron chi connectivity index (χ0n) is 16.5. The first-order valence-electron chi connectivity index (χ1n) is 9.10. The highest BCUT2D eigenvalue weighted by molar-refractivity contribution is 5.81. The summed E-state index contributed by atoms with van der Waals surface area (Å²) < 4.78 is 5.18. The highest BCUT2D eigenvalue weighted by Gasteiger charge is 2.33. The fraction of sp³-hybridized carbons (Fsp3) is 0.600. The maximum Gasteiger partial charge on any atom is 0.237 e. The molecule has 1 aromatic carbocycles. The Hall–Kier alpha value is -2.08. The Balaban J connectivity index is 1.90. The van der Waals surface area contributed by atoms with Crippen LogP contribution >= 0.6 is 0 Å². The van der Waals surface area contributed by atoms with Crippen LogP contribution in [0.15, 0.2) is 24.3 Å². The molecule has 0 aromatic heterocycles. The van der Waals surface area contributed by atoms with Gasteiger partial charge in [0, 0.05) is 18.1 Å². The van der Waals surface area contributed by atoms with Crippen LogP contribution in [0.1, 0.15) is 39.2 Å². The molecule has 26 heavy (non-hydrogen) atoms. The summed E-state index contributed by atoms with van der Waals surface area (Å²) >= 11 is 0. The topological polar surface area (TPSA) is 61.9 Å². The molecule has 1 fully saturated rings. The van der Waals surface area contributed by atoms with E-state index in [1.165, 1.54) is 0 Å². The Morgan fingerprint density at radius 3 is 2.27 bits per heavy atom. The Bertz CT molecular complexity index is 618. The molecule has 1 saturated carbocycles. The number of rotatable bonds is 8. The first-order chi connectivity index (χ1) is 12.2. The fourth-order valence-electron chi connectivity index (χ4n) is 2.82. The third kappa shape index (κ3) is 6.67. The van der Waals surface area contributed by atoms with E-state index in [1.54, 1.807) is 19.1 Å². The molecule has 0 bridgehead atoms. The standard InChI is InChI=1S/C20H31N3O3/c1-20(2,3)21-18(24)13-22(4)14-19(25)23(16-8-9-16)12-15-6-10-17(26-5)11-7-15/h6-7,10-11,16H,8-9,12-14H2,1-5H3,(H,21,24). The Labute approximate surface area is 156 Å². The smallest absolute Gasteiger partial charge is 0.237 e. The van der Waals surface area contributed by atoms with Gasteiger partial charge in [0.2, 0.25) is 11.8 Å². The van der Waals surface area contributed by atoms with Crippen LogP contribution in [0, 0.1) is 0 Å². The monoisotopic (exact) mass is 361 g/mol. The van der Waals surface area contributed by atoms with Crippen molar-refractivity contribution in [3.05, 3.63) is 29.8 Å². The lowest BCUT2D eigenvalue weighted by Crippen LogP contribution is -2.47. The lowest BCUT2D eigenvalue weighted by atomic mass is 10.1. The number of nitrogens with one attached hydrogen (secondary N) is 1. The number of carbonyl (C=O) groups excluding carboxylic acids is 2. The van der Waals surface area contributed by atoms with Gasteiger partial charge >= 0.3 is 0 Å². The van der Waals surface area contributed by atoms with E-state index in [-0.39, 0.29) is 30.4 Å². The first-order valence-corrected chi connectivity index (χ1v) is 9.10. The summed E-state index contributed by atoms with van der Waals surface area (Å²) in [4.78, 5) is 28.5. The van der Waals surface area contributed by atoms with Gasteiger partial charge in [0.05, 0.1) is 20.2 Å². The lowest BCUT2D eigenvalue weighted by Gasteiger charge is -2.26. The summed E-state index contributed by atoms with van der Waals surface area (Å²) in [5.41, 5.74) is 0.815. The number of likely N-dealkylation sites (N-methyl/N-ethyl adjacent to an activating group) is 1. The van der Waals surface area contributed by atoms with Crippen LogP contribution in [0.3, 0.4) is 0 Å². The highest BCUT2D eigenvalue weighted by Crippen LogP contribution is 2.29. The van der Waals surface area contributed by atoms with Crippen molar-refractivity contribution in [2.75, 3.05) is 27.2 Å². The van der Waals surface area contributed by atoms with Crippen molar-refractivity contribution in [1.82, 2.24) is 15.1 Å². The molecular formula is C20H31N3O3. The maximum absolute atomic E-state index is 12.8. The predicted octanol–water partition coefficient (Wildman–Crippen LogP) is 2.03. The van der Waals surface area contributed by atoms with Gasteiger partial charge in [-0.05, 0) is 58.4 Å². The number of benzene rings is 1. The molecule has 1 aliphatic rings. The predicted molar refractivity (Wildman–Crippen MR) is 102 cm³/mol. The van der Waals surface area contributed by atoms with E-state index in [0.29, 0.717) is 12.6 Å². The third-order valence-electron chi connectivity index (χ3n) is 4.15. The van der Waals surface area contributed by atoms with Crippen molar-refractivity contribution < 1.29 is 14.3 Å². The van der Waals surface area contributed by atoms with Crippen molar-refractivity contribution >= 4 is 11.8 Å². The quantitative estimate of drug-likeness (QED) is 0.770. The average Bonchev–Trinajstić information content (AvgIpc) is 3.35. The van der Waals surface area contributed by atoms with Gasteiger partial charge in [-0.2, -0.15) is 0 Å². The molecule has 6 nitrogen and oxygen atoms in total. The minimum absolute atomic E-state index is 0.0642. The van der Waals surface area contributed by atoms with E-state index in [9.17, 15) is 9.59 Å². The second-order valence-electron chi connectivity index (χ2n) is 8.07. The minimum Gasteiger partial charge on any atom is -0.497 e. The summed E-state index contributed by atoms with van der Waals surface area (Å²) in [6, 6.07) is 8.12. The van der Waals surface area contributed by atoms with Gasteiger partial charge in [0.25, 0.3) is 0 Å². The SMILES string of the molecule is COc1ccc(CN(C(=O)CN(C)CC(=O)NC(C)(C)C)C2CC2)cc1. The molecule has 0 heterocycles. The Morgan fingerprint density at radius 1 is 1.15 bits per heavy atom. The minimum atomic E-state index is -0.268. The molecule has 1 N–H and O–H groups in total. The van der Waals surface area contributed by atoms with E-state index < -0.39 is 0 Å². The van der Waals surface area contributed by atoms with Crippen molar-refractivity contribution in [1.29, 1.82) is 0 Å². The molecule has 2 amide bonds. The first kappa shape index (κ1) is 20.2. The normalized spacial score (nSPS) is 14.2. The van der Waals surface area contributed by atoms with Crippen molar-refractivity contribution in [3.8, 4) is 5.75 Å². The molecule has 0 unspecified atom stereocenters. The molecular weight excluding hydrogens is 330 g/mol. The average molecular weight is 361 g/mol. The van der Waals surface area contributed by atoms with Crippen molar-refractivity contribution in [3.63, 3.8) is 0 Å². The van der Waals surface area contributed by atoms with Gasteiger partial charge in [-0.1, -0.05) is 12.1 Å². The molecule has 1 aromatic rings. The maximum atomic E-state index is 12.8. The molecule has 0 atom stereocenters. The van der Waals surface area contributed by atoms with Crippen molar-refractivity contribution in [2.24, 2.45) is 0 Å². The van der Waals surface area contributed by atoms with Crippen LogP contribution in [0.25, 0.3) is 0 Å². The lowest BCUT2D eigenvalue weighted by molar-refractivity contribution is -0.134. The summed E-state index contributed by atoms with van der Waals surface area (Å²) in [5, 5.41) is 2.92. The van der Waals surface area contributed by atoms with Crippen LogP contribution in [0.2, 0.25) is 0 Å². The van der Waals surface area contributed by atoms with E-state index >= 15 is 0 Å². The van der Waals surface area contributed by atoms with Gasteiger partial charge in [-0.3, -0.25) is 14.5 Å². The van der Waals surface area contributed by atoms with Gasteiger partial charge in [-0.25, -0.2) is 0 Å². The highest BCUT2D eigenvalue weighted by atomic mass is 16.5. The summed E-state index contributed by atoms with van der Waals surface area (Å²) in [6.45, 7) is 6.88. The third-order valence-corrected chi connectivity index (χ3v) is 4.15. The summed E-state index contributed by atoms with van der Waals surface area (Å²) in [6.07, 6.45) is 2.10. The Morgan fingerprint density at radius 2 is 1.77 bits per heavy atom. The van der Waals surface area contributed by atoms with Crippen LogP contribution in [0.4, 0.5) is 0 Å². The largest absolute Gasteiger partial charge is 0.497 e. The second kappa shape index (κ2) is 8.54. The molecule has 1 aliphatic carbocycles. The molecule has 0 spiro atoms. The number of hydrogen-bond acceptors (Lipinski definition) is 4. The van der Waals surface area contributed by atoms with E-state index in [2.05, 4.69) is 5.32 Å². The van der Waals surface area contributed by atoms with Crippen LogP contribution < -0.4 is 10.1 Å². The zero-order chi connectivity index (χ0) is 19.3. The van der Waals surface area contributed by atoms with Crippen molar-refractivity contribution in [2.45, 2.75) is 51.7 Å². The number of amides is 2. The zero-order valence-corrected chi connectivity index (χ0v) is 16.5. The molecule has 144 valence electrons. The van der Waals surface area contributed by atoms with E-state index in [0.717, 1.165) is 24.2 Å². The van der Waals surface area contributed by atoms with E-state index in [4.69, 9.17) is 4.74 Å². The van der Waals surface area contributed by atoms with Gasteiger partial charge in [0.15, 0.2) is 0 Å². The Kier molecular flexibility index (Phi) is 6.64. The summed E-state index contributed by atoms with van der Waals surface area (Å²) in [5.74, 6) is 0.804. The molecule has 6 heteroatoms. The summed E-state index contributed by atoms with van der Waals surface area (Å²) in [7, 11) is 3.44. The molecule has 0 aliphatic heterocycles. The van der Waals surface area contributed by atoms with Gasteiger partial charge in [-0.15, -0.1) is 0 Å². The fourth-order valence-corrected chi connectivity index (χ4v) is 2.82. The van der Waals surface area contributed by atoms with Crippen LogP contribution in [0.5, 0.6) is 5.75 Å². The molecule has 0 saturated heterocycles. The van der Waals surface area contributed by atoms with Crippen LogP contribution in [-0.2, 0) is 16.1 Å². The number of nitrogens with zero attached hydrogens (tertiary/aromatic N) is 2. The number of carbonyl (C=O) groups is 2.